The Labute approximate surface area is 165 Å². The van der Waals surface area contributed by atoms with Gasteiger partial charge in [0, 0.05) is 6.54 Å². The fourth-order valence-corrected chi connectivity index (χ4v) is 2.28. The van der Waals surface area contributed by atoms with Crippen molar-refractivity contribution in [1.82, 2.24) is 10.6 Å². The maximum Gasteiger partial charge on any atom is 0.408 e. The number of amides is 2. The van der Waals surface area contributed by atoms with Crippen LogP contribution in [0.4, 0.5) is 9.59 Å². The van der Waals surface area contributed by atoms with Gasteiger partial charge in [0.1, 0.15) is 18.2 Å². The summed E-state index contributed by atoms with van der Waals surface area (Å²) in [6.45, 7) is 5.88. The lowest BCUT2D eigenvalue weighted by Crippen LogP contribution is -2.41. The summed E-state index contributed by atoms with van der Waals surface area (Å²) in [6, 6.07) is 8.42. The van der Waals surface area contributed by atoms with Gasteiger partial charge >= 0.3 is 18.2 Å². The van der Waals surface area contributed by atoms with Crippen molar-refractivity contribution in [3.05, 3.63) is 35.9 Å². The monoisotopic (exact) mass is 394 g/mol. The summed E-state index contributed by atoms with van der Waals surface area (Å²) in [6.07, 6.45) is 0.399. The van der Waals surface area contributed by atoms with Crippen LogP contribution >= 0.6 is 0 Å². The Bertz CT molecular complexity index is 627. The summed E-state index contributed by atoms with van der Waals surface area (Å²) in [7, 11) is 1.26. The van der Waals surface area contributed by atoms with Gasteiger partial charge in [-0.2, -0.15) is 0 Å². The van der Waals surface area contributed by atoms with Crippen LogP contribution in [0.5, 0.6) is 0 Å². The predicted octanol–water partition coefficient (Wildman–Crippen LogP) is 3.15. The van der Waals surface area contributed by atoms with Crippen molar-refractivity contribution in [2.24, 2.45) is 0 Å². The molecule has 0 bridgehead atoms. The first-order valence-corrected chi connectivity index (χ1v) is 9.23. The Morgan fingerprint density at radius 1 is 1.04 bits per heavy atom. The Morgan fingerprint density at radius 2 is 1.71 bits per heavy atom. The highest BCUT2D eigenvalue weighted by Gasteiger charge is 2.22. The van der Waals surface area contributed by atoms with Gasteiger partial charge in [-0.1, -0.05) is 30.3 Å². The molecule has 0 saturated carbocycles. The zero-order valence-electron chi connectivity index (χ0n) is 16.9. The molecule has 0 aromatic heterocycles. The fraction of sp³-hybridized carbons (Fsp3) is 0.550. The van der Waals surface area contributed by atoms with E-state index < -0.39 is 29.8 Å². The van der Waals surface area contributed by atoms with Gasteiger partial charge in [-0.05, 0) is 45.6 Å². The van der Waals surface area contributed by atoms with Crippen molar-refractivity contribution in [2.45, 2.75) is 58.3 Å². The van der Waals surface area contributed by atoms with Crippen molar-refractivity contribution in [3.8, 4) is 0 Å². The number of hydrogen-bond acceptors (Lipinski definition) is 6. The zero-order valence-corrected chi connectivity index (χ0v) is 16.9. The van der Waals surface area contributed by atoms with Gasteiger partial charge in [0.15, 0.2) is 0 Å². The second-order valence-corrected chi connectivity index (χ2v) is 7.21. The average Bonchev–Trinajstić information content (AvgIpc) is 2.64. The Kier molecular flexibility index (Phi) is 9.84. The molecule has 8 heteroatoms. The molecule has 1 atom stereocenters. The van der Waals surface area contributed by atoms with Crippen molar-refractivity contribution in [3.63, 3.8) is 0 Å². The van der Waals surface area contributed by atoms with Crippen LogP contribution in [0.2, 0.25) is 0 Å². The largest absolute Gasteiger partial charge is 0.467 e. The van der Waals surface area contributed by atoms with Crippen molar-refractivity contribution < 1.29 is 28.6 Å². The first-order chi connectivity index (χ1) is 13.2. The molecule has 0 radical (unpaired) electrons. The third-order valence-corrected chi connectivity index (χ3v) is 3.58. The number of unbranched alkanes of at least 4 members (excludes halogenated alkanes) is 1. The molecule has 2 amide bonds. The van der Waals surface area contributed by atoms with Crippen molar-refractivity contribution in [1.29, 1.82) is 0 Å². The first kappa shape index (κ1) is 23.3. The number of hydrogen-bond donors (Lipinski definition) is 2. The first-order valence-electron chi connectivity index (χ1n) is 9.23. The van der Waals surface area contributed by atoms with E-state index in [1.165, 1.54) is 7.11 Å². The van der Waals surface area contributed by atoms with E-state index >= 15 is 0 Å². The van der Waals surface area contributed by atoms with Gasteiger partial charge in [-0.15, -0.1) is 0 Å². The van der Waals surface area contributed by atoms with Gasteiger partial charge in [-0.25, -0.2) is 14.4 Å². The minimum absolute atomic E-state index is 0.111. The smallest absolute Gasteiger partial charge is 0.408 e. The van der Waals surface area contributed by atoms with Gasteiger partial charge in [0.25, 0.3) is 0 Å². The number of ether oxygens (including phenoxy) is 3. The quantitative estimate of drug-likeness (QED) is 0.379. The highest BCUT2D eigenvalue weighted by molar-refractivity contribution is 5.81. The van der Waals surface area contributed by atoms with Crippen molar-refractivity contribution in [2.75, 3.05) is 13.7 Å². The lowest BCUT2D eigenvalue weighted by Gasteiger charge is -2.20. The van der Waals surface area contributed by atoms with Gasteiger partial charge in [0.05, 0.1) is 7.11 Å². The molecular weight excluding hydrogens is 364 g/mol. The number of nitrogens with one attached hydrogen (secondary N) is 2. The fourth-order valence-electron chi connectivity index (χ4n) is 2.28. The molecule has 0 fully saturated rings. The van der Waals surface area contributed by atoms with E-state index in [4.69, 9.17) is 14.2 Å². The molecule has 0 spiro atoms. The molecular formula is C20H30N2O6. The van der Waals surface area contributed by atoms with Crippen LogP contribution in [0.3, 0.4) is 0 Å². The molecule has 156 valence electrons. The molecule has 0 aliphatic rings. The van der Waals surface area contributed by atoms with Gasteiger partial charge in [0.2, 0.25) is 0 Å². The topological polar surface area (TPSA) is 103 Å². The maximum atomic E-state index is 11.9. The van der Waals surface area contributed by atoms with E-state index in [1.54, 1.807) is 20.8 Å². The standard InChI is InChI=1S/C20H30N2O6/c1-20(2,3)28-18(24)21-13-9-8-12-16(17(23)26-4)22-19(25)27-14-15-10-6-5-7-11-15/h5-7,10-11,16H,8-9,12-14H2,1-4H3,(H,21,24)(H,22,25)/t16-/m1/s1. The number of alkyl carbamates (subject to hydrolysis) is 2. The van der Waals surface area contributed by atoms with Crippen LogP contribution in [-0.4, -0.2) is 43.5 Å². The van der Waals surface area contributed by atoms with E-state index in [-0.39, 0.29) is 6.61 Å². The van der Waals surface area contributed by atoms with E-state index in [0.717, 1.165) is 5.56 Å². The molecule has 1 aromatic rings. The highest BCUT2D eigenvalue weighted by Crippen LogP contribution is 2.07. The van der Waals surface area contributed by atoms with Crippen LogP contribution in [0.25, 0.3) is 0 Å². The molecule has 0 aliphatic heterocycles. The summed E-state index contributed by atoms with van der Waals surface area (Å²) in [5.74, 6) is -0.545. The molecule has 8 nitrogen and oxygen atoms in total. The molecule has 1 aromatic carbocycles. The Hall–Kier alpha value is -2.77. The number of methoxy groups -OCH3 is 1. The predicted molar refractivity (Wildman–Crippen MR) is 104 cm³/mol. The van der Waals surface area contributed by atoms with E-state index in [1.807, 2.05) is 30.3 Å². The Morgan fingerprint density at radius 3 is 2.32 bits per heavy atom. The second-order valence-electron chi connectivity index (χ2n) is 7.21. The summed E-state index contributed by atoms with van der Waals surface area (Å²) in [5, 5.41) is 5.17. The lowest BCUT2D eigenvalue weighted by molar-refractivity contribution is -0.143. The SMILES string of the molecule is COC(=O)[C@@H](CCCCNC(=O)OC(C)(C)C)NC(=O)OCc1ccccc1. The van der Waals surface area contributed by atoms with E-state index in [2.05, 4.69) is 10.6 Å². The van der Waals surface area contributed by atoms with Crippen LogP contribution in [0.15, 0.2) is 30.3 Å². The lowest BCUT2D eigenvalue weighted by atomic mass is 10.1. The minimum atomic E-state index is -0.810. The number of esters is 1. The van der Waals surface area contributed by atoms with Crippen LogP contribution in [0, 0.1) is 0 Å². The molecule has 0 aliphatic carbocycles. The summed E-state index contributed by atoms with van der Waals surface area (Å²) < 4.78 is 15.0. The summed E-state index contributed by atoms with van der Waals surface area (Å²) in [4.78, 5) is 35.4. The van der Waals surface area contributed by atoms with Crippen molar-refractivity contribution >= 4 is 18.2 Å². The number of rotatable bonds is 9. The van der Waals surface area contributed by atoms with Crippen LogP contribution in [0.1, 0.15) is 45.6 Å². The van der Waals surface area contributed by atoms with Gasteiger partial charge < -0.3 is 24.8 Å². The molecule has 0 unspecified atom stereocenters. The van der Waals surface area contributed by atoms with Gasteiger partial charge in [-0.3, -0.25) is 0 Å². The molecule has 28 heavy (non-hydrogen) atoms. The molecule has 0 saturated heterocycles. The number of carbonyl (C=O) groups is 3. The molecule has 2 N–H and O–H groups in total. The second kappa shape index (κ2) is 11.8. The Balaban J connectivity index is 2.33. The third kappa shape index (κ3) is 10.4. The zero-order chi connectivity index (χ0) is 21.0. The molecule has 0 heterocycles. The minimum Gasteiger partial charge on any atom is -0.467 e. The van der Waals surface area contributed by atoms with E-state index in [9.17, 15) is 14.4 Å². The maximum absolute atomic E-state index is 11.9. The number of carbonyl (C=O) groups excluding carboxylic acids is 3. The molecule has 1 rings (SSSR count). The highest BCUT2D eigenvalue weighted by atomic mass is 16.6. The average molecular weight is 394 g/mol. The third-order valence-electron chi connectivity index (χ3n) is 3.58. The summed E-state index contributed by atoms with van der Waals surface area (Å²) >= 11 is 0. The van der Waals surface area contributed by atoms with Crippen LogP contribution < -0.4 is 10.6 Å². The van der Waals surface area contributed by atoms with Crippen LogP contribution in [-0.2, 0) is 25.6 Å². The summed E-state index contributed by atoms with van der Waals surface area (Å²) in [5.41, 5.74) is 0.296. The number of benzene rings is 1. The normalized spacial score (nSPS) is 11.9. The van der Waals surface area contributed by atoms with E-state index in [0.29, 0.717) is 25.8 Å².